The second kappa shape index (κ2) is 5.05. The SMILES string of the molecule is O=NC(=O)c1cn2c(c(Cl)c1=O)C(=O)N1CCCOC1C2. The Bertz CT molecular complexity index is 714. The highest BCUT2D eigenvalue weighted by Gasteiger charge is 2.37. The smallest absolute Gasteiger partial charge is 0.322 e. The molecule has 2 aliphatic rings. The number of aromatic nitrogens is 1. The molecule has 1 saturated heterocycles. The first-order chi connectivity index (χ1) is 10.0. The van der Waals surface area contributed by atoms with E-state index in [-0.39, 0.29) is 17.3 Å². The summed E-state index contributed by atoms with van der Waals surface area (Å²) in [5.74, 6) is -1.64. The molecule has 1 aromatic rings. The van der Waals surface area contributed by atoms with Gasteiger partial charge in [0.15, 0.2) is 6.23 Å². The number of carbonyl (C=O) groups is 2. The van der Waals surface area contributed by atoms with E-state index in [9.17, 15) is 19.3 Å². The highest BCUT2D eigenvalue weighted by atomic mass is 35.5. The van der Waals surface area contributed by atoms with Crippen molar-refractivity contribution in [3.05, 3.63) is 37.6 Å². The number of carbonyl (C=O) groups excluding carboxylic acids is 2. The van der Waals surface area contributed by atoms with Gasteiger partial charge in [-0.1, -0.05) is 11.6 Å². The third-order valence-electron chi connectivity index (χ3n) is 3.55. The number of amides is 2. The van der Waals surface area contributed by atoms with Gasteiger partial charge >= 0.3 is 5.91 Å². The van der Waals surface area contributed by atoms with Crippen LogP contribution in [-0.4, -0.2) is 40.7 Å². The fourth-order valence-electron chi connectivity index (χ4n) is 2.57. The molecule has 21 heavy (non-hydrogen) atoms. The van der Waals surface area contributed by atoms with Crippen LogP contribution in [0.2, 0.25) is 5.02 Å². The maximum Gasteiger partial charge on any atom is 0.322 e. The second-order valence-corrected chi connectivity index (χ2v) is 5.14. The van der Waals surface area contributed by atoms with E-state index in [2.05, 4.69) is 5.18 Å². The van der Waals surface area contributed by atoms with Crippen molar-refractivity contribution < 1.29 is 14.3 Å². The normalized spacial score (nSPS) is 20.7. The van der Waals surface area contributed by atoms with Gasteiger partial charge in [-0.15, -0.1) is 4.91 Å². The van der Waals surface area contributed by atoms with Crippen LogP contribution < -0.4 is 5.43 Å². The van der Waals surface area contributed by atoms with Gasteiger partial charge in [0.2, 0.25) is 5.43 Å². The van der Waals surface area contributed by atoms with Gasteiger partial charge in [0, 0.05) is 17.9 Å². The lowest BCUT2D eigenvalue weighted by Gasteiger charge is -2.40. The topological polar surface area (TPSA) is 98.0 Å². The largest absolute Gasteiger partial charge is 0.356 e. The molecule has 1 fully saturated rings. The molecule has 0 radical (unpaired) electrons. The summed E-state index contributed by atoms with van der Waals surface area (Å²) in [6, 6.07) is 0. The minimum atomic E-state index is -1.21. The average molecular weight is 312 g/mol. The summed E-state index contributed by atoms with van der Waals surface area (Å²) in [6.45, 7) is 1.28. The van der Waals surface area contributed by atoms with Crippen LogP contribution in [0.4, 0.5) is 0 Å². The Hall–Kier alpha value is -2.06. The lowest BCUT2D eigenvalue weighted by atomic mass is 10.1. The zero-order chi connectivity index (χ0) is 15.1. The average Bonchev–Trinajstić information content (AvgIpc) is 2.50. The number of nitroso groups, excluding NO2 is 1. The predicted octanol–water partition coefficient (Wildman–Crippen LogP) is 0.611. The second-order valence-electron chi connectivity index (χ2n) is 4.76. The molecule has 3 heterocycles. The van der Waals surface area contributed by atoms with Gasteiger partial charge in [-0.3, -0.25) is 14.4 Å². The van der Waals surface area contributed by atoms with Crippen LogP contribution in [0, 0.1) is 4.91 Å². The van der Waals surface area contributed by atoms with E-state index < -0.39 is 29.0 Å². The van der Waals surface area contributed by atoms with Crippen molar-refractivity contribution >= 4 is 23.4 Å². The molecule has 1 unspecified atom stereocenters. The summed E-state index contributed by atoms with van der Waals surface area (Å²) < 4.78 is 6.87. The van der Waals surface area contributed by atoms with Gasteiger partial charge in [0.1, 0.15) is 16.3 Å². The van der Waals surface area contributed by atoms with E-state index in [1.165, 1.54) is 9.47 Å². The number of pyridine rings is 1. The molecular formula is C12H10ClN3O5. The standard InChI is InChI=1S/C12H10ClN3O5/c13-8-9-12(19)16-2-1-3-21-7(16)5-15(9)4-6(10(8)17)11(18)14-20/h4,7H,1-3,5H2. The predicted molar refractivity (Wildman–Crippen MR) is 71.2 cm³/mol. The van der Waals surface area contributed by atoms with Crippen LogP contribution >= 0.6 is 11.6 Å². The lowest BCUT2D eigenvalue weighted by Crippen LogP contribution is -2.53. The summed E-state index contributed by atoms with van der Waals surface area (Å²) in [6.07, 6.45) is 1.38. The third-order valence-corrected chi connectivity index (χ3v) is 3.91. The zero-order valence-electron chi connectivity index (χ0n) is 10.7. The van der Waals surface area contributed by atoms with Gasteiger partial charge in [-0.2, -0.15) is 0 Å². The molecule has 0 saturated carbocycles. The third kappa shape index (κ3) is 2.07. The van der Waals surface area contributed by atoms with Crippen LogP contribution in [0.1, 0.15) is 27.3 Å². The van der Waals surface area contributed by atoms with Gasteiger partial charge in [0.25, 0.3) is 5.91 Å². The lowest BCUT2D eigenvalue weighted by molar-refractivity contribution is -0.0917. The molecule has 0 aromatic carbocycles. The van der Waals surface area contributed by atoms with Crippen LogP contribution in [0.3, 0.4) is 0 Å². The molecule has 2 amide bonds. The highest BCUT2D eigenvalue weighted by Crippen LogP contribution is 2.25. The maximum absolute atomic E-state index is 12.4. The number of hydrogen-bond donors (Lipinski definition) is 0. The Labute approximate surface area is 123 Å². The molecular weight excluding hydrogens is 302 g/mol. The summed E-state index contributed by atoms with van der Waals surface area (Å²) in [5.41, 5.74) is -1.31. The Balaban J connectivity index is 2.17. The van der Waals surface area contributed by atoms with E-state index in [1.54, 1.807) is 0 Å². The molecule has 0 spiro atoms. The summed E-state index contributed by atoms with van der Waals surface area (Å²) in [4.78, 5) is 47.6. The number of nitrogens with zero attached hydrogens (tertiary/aromatic N) is 3. The summed E-state index contributed by atoms with van der Waals surface area (Å²) in [7, 11) is 0. The molecule has 0 N–H and O–H groups in total. The zero-order valence-corrected chi connectivity index (χ0v) is 11.5. The molecule has 0 bridgehead atoms. The molecule has 110 valence electrons. The van der Waals surface area contributed by atoms with Crippen molar-refractivity contribution in [2.45, 2.75) is 19.2 Å². The number of halogens is 1. The van der Waals surface area contributed by atoms with Gasteiger partial charge in [0.05, 0.1) is 13.2 Å². The maximum atomic E-state index is 12.4. The minimum absolute atomic E-state index is 0.00543. The van der Waals surface area contributed by atoms with Crippen molar-refractivity contribution in [3.8, 4) is 0 Å². The number of hydrogen-bond acceptors (Lipinski definition) is 5. The summed E-state index contributed by atoms with van der Waals surface area (Å²) in [5, 5.41) is 1.85. The number of ether oxygens (including phenoxy) is 1. The van der Waals surface area contributed by atoms with Crippen molar-refractivity contribution in [2.24, 2.45) is 5.18 Å². The molecule has 1 aromatic heterocycles. The van der Waals surface area contributed by atoms with Gasteiger partial charge < -0.3 is 14.2 Å². The van der Waals surface area contributed by atoms with E-state index in [0.29, 0.717) is 19.6 Å². The van der Waals surface area contributed by atoms with Crippen molar-refractivity contribution in [1.82, 2.24) is 9.47 Å². The first-order valence-electron chi connectivity index (χ1n) is 6.27. The quantitative estimate of drug-likeness (QED) is 0.708. The van der Waals surface area contributed by atoms with Crippen molar-refractivity contribution in [2.75, 3.05) is 13.2 Å². The minimum Gasteiger partial charge on any atom is -0.356 e. The molecule has 2 aliphatic heterocycles. The van der Waals surface area contributed by atoms with Crippen LogP contribution in [0.5, 0.6) is 0 Å². The van der Waals surface area contributed by atoms with E-state index >= 15 is 0 Å². The molecule has 0 aliphatic carbocycles. The molecule has 8 nitrogen and oxygen atoms in total. The molecule has 1 atom stereocenters. The molecule has 9 heteroatoms. The monoisotopic (exact) mass is 311 g/mol. The van der Waals surface area contributed by atoms with Crippen LogP contribution in [0.15, 0.2) is 16.2 Å². The van der Waals surface area contributed by atoms with Gasteiger partial charge in [-0.25, -0.2) is 0 Å². The van der Waals surface area contributed by atoms with E-state index in [4.69, 9.17) is 16.3 Å². The number of rotatable bonds is 1. The van der Waals surface area contributed by atoms with Crippen LogP contribution in [0.25, 0.3) is 0 Å². The Morgan fingerprint density at radius 2 is 2.19 bits per heavy atom. The molecule has 3 rings (SSSR count). The van der Waals surface area contributed by atoms with Crippen LogP contribution in [-0.2, 0) is 11.3 Å². The van der Waals surface area contributed by atoms with Crippen molar-refractivity contribution in [1.29, 1.82) is 0 Å². The number of fused-ring (bicyclic) bond motifs is 2. The highest BCUT2D eigenvalue weighted by molar-refractivity contribution is 6.33. The fourth-order valence-corrected chi connectivity index (χ4v) is 2.86. The fraction of sp³-hybridized carbons (Fsp3) is 0.417. The Morgan fingerprint density at radius 1 is 1.43 bits per heavy atom. The van der Waals surface area contributed by atoms with E-state index in [1.807, 2.05) is 0 Å². The van der Waals surface area contributed by atoms with Crippen molar-refractivity contribution in [3.63, 3.8) is 0 Å². The van der Waals surface area contributed by atoms with E-state index in [0.717, 1.165) is 6.20 Å². The Kier molecular flexibility index (Phi) is 3.34. The summed E-state index contributed by atoms with van der Waals surface area (Å²) >= 11 is 5.93. The van der Waals surface area contributed by atoms with Gasteiger partial charge in [-0.05, 0) is 6.42 Å². The Morgan fingerprint density at radius 3 is 2.90 bits per heavy atom. The first-order valence-corrected chi connectivity index (χ1v) is 6.65. The first kappa shape index (κ1) is 13.9.